The summed E-state index contributed by atoms with van der Waals surface area (Å²) in [5.41, 5.74) is 0. The summed E-state index contributed by atoms with van der Waals surface area (Å²) in [5, 5.41) is 11.0. The fraction of sp³-hybridized carbons (Fsp3) is 0.833. The Morgan fingerprint density at radius 3 is 2.73 bits per heavy atom. The van der Waals surface area contributed by atoms with Crippen molar-refractivity contribution in [3.63, 3.8) is 0 Å². The first-order valence-electron chi connectivity index (χ1n) is 3.13. The fourth-order valence-corrected chi connectivity index (χ4v) is 0.451. The molecule has 0 rings (SSSR count). The molecule has 1 unspecified atom stereocenters. The van der Waals surface area contributed by atoms with E-state index in [1.165, 1.54) is 7.11 Å². The smallest absolute Gasteiger partial charge is 0.406 e. The number of ether oxygens (including phenoxy) is 1. The van der Waals surface area contributed by atoms with Crippen molar-refractivity contribution >= 4 is 17.7 Å². The number of carbonyl (C=O) groups excluding carboxylic acids is 1. The summed E-state index contributed by atoms with van der Waals surface area (Å²) < 4.78 is 4.30. The third-order valence-corrected chi connectivity index (χ3v) is 1.37. The highest BCUT2D eigenvalue weighted by Gasteiger charge is 2.20. The van der Waals surface area contributed by atoms with E-state index in [-0.39, 0.29) is 13.2 Å². The number of alkyl carbamates (subject to hydrolysis) is 1. The van der Waals surface area contributed by atoms with Gasteiger partial charge in [-0.05, 0) is 6.92 Å². The number of aliphatic hydroxyl groups excluding tert-OH is 1. The number of aliphatic hydroxyl groups is 1. The van der Waals surface area contributed by atoms with Crippen LogP contribution in [-0.2, 0) is 4.74 Å². The molecule has 0 saturated carbocycles. The summed E-state index contributed by atoms with van der Waals surface area (Å²) in [6.07, 6.45) is -0.551. The topological polar surface area (TPSA) is 58.6 Å². The second-order valence-electron chi connectivity index (χ2n) is 2.42. The highest BCUT2D eigenvalue weighted by atomic mass is 35.5. The zero-order valence-corrected chi connectivity index (χ0v) is 7.31. The van der Waals surface area contributed by atoms with Gasteiger partial charge in [0.2, 0.25) is 0 Å². The summed E-state index contributed by atoms with van der Waals surface area (Å²) in [5.74, 6) is 0. The van der Waals surface area contributed by atoms with Crippen LogP contribution in [0, 0.1) is 0 Å². The van der Waals surface area contributed by atoms with Crippen LogP contribution >= 0.6 is 11.6 Å². The molecule has 0 bridgehead atoms. The Balaban J connectivity index is 3.61. The molecule has 0 aromatic rings. The van der Waals surface area contributed by atoms with Gasteiger partial charge in [0.15, 0.2) is 0 Å². The molecule has 11 heavy (non-hydrogen) atoms. The van der Waals surface area contributed by atoms with Gasteiger partial charge in [0.1, 0.15) is 0 Å². The Kier molecular flexibility index (Phi) is 4.22. The van der Waals surface area contributed by atoms with Crippen LogP contribution in [0.2, 0.25) is 0 Å². The van der Waals surface area contributed by atoms with Gasteiger partial charge < -0.3 is 15.2 Å². The Labute approximate surface area is 70.5 Å². The molecule has 0 fully saturated rings. The van der Waals surface area contributed by atoms with Crippen molar-refractivity contribution < 1.29 is 14.6 Å². The minimum Gasteiger partial charge on any atom is -0.453 e. The van der Waals surface area contributed by atoms with Crippen molar-refractivity contribution in [3.05, 3.63) is 0 Å². The molecule has 4 nitrogen and oxygen atoms in total. The van der Waals surface area contributed by atoms with Gasteiger partial charge in [-0.25, -0.2) is 4.79 Å². The predicted octanol–water partition coefficient (Wildman–Crippen LogP) is 0.332. The average Bonchev–Trinajstić information content (AvgIpc) is 2.00. The lowest BCUT2D eigenvalue weighted by atomic mass is 10.2. The van der Waals surface area contributed by atoms with E-state index in [9.17, 15) is 4.79 Å². The Morgan fingerprint density at radius 1 is 1.82 bits per heavy atom. The lowest BCUT2D eigenvalue weighted by Crippen LogP contribution is -2.39. The van der Waals surface area contributed by atoms with Gasteiger partial charge in [-0.3, -0.25) is 0 Å². The molecular formula is C6H12ClNO3. The maximum absolute atomic E-state index is 10.5. The van der Waals surface area contributed by atoms with Crippen LogP contribution < -0.4 is 5.32 Å². The molecule has 5 heteroatoms. The van der Waals surface area contributed by atoms with Gasteiger partial charge in [-0.15, -0.1) is 11.6 Å². The minimum atomic E-state index is -0.811. The summed E-state index contributed by atoms with van der Waals surface area (Å²) in [4.78, 5) is 9.69. The van der Waals surface area contributed by atoms with Crippen molar-refractivity contribution in [1.82, 2.24) is 5.32 Å². The number of hydrogen-bond acceptors (Lipinski definition) is 3. The minimum absolute atomic E-state index is 0.178. The second-order valence-corrected chi connectivity index (χ2v) is 3.33. The van der Waals surface area contributed by atoms with E-state index in [0.29, 0.717) is 0 Å². The van der Waals surface area contributed by atoms with Crippen LogP contribution in [0.3, 0.4) is 0 Å². The lowest BCUT2D eigenvalue weighted by Gasteiger charge is -2.18. The molecule has 0 aromatic heterocycles. The molecule has 0 aromatic carbocycles. The van der Waals surface area contributed by atoms with Gasteiger partial charge in [0.25, 0.3) is 0 Å². The van der Waals surface area contributed by atoms with E-state index in [2.05, 4.69) is 10.1 Å². The molecule has 0 heterocycles. The summed E-state index contributed by atoms with van der Waals surface area (Å²) in [6.45, 7) is 1.60. The third kappa shape index (κ3) is 4.86. The standard InChI is InChI=1S/C6H12ClNO3/c1-6(7,4-9)3-8-5(10)11-2/h9H,3-4H2,1-2H3,(H,8,10). The van der Waals surface area contributed by atoms with Crippen molar-refractivity contribution in [3.8, 4) is 0 Å². The number of hydrogen-bond donors (Lipinski definition) is 2. The SMILES string of the molecule is COC(=O)NCC(C)(Cl)CO. The van der Waals surface area contributed by atoms with Crippen molar-refractivity contribution in [2.24, 2.45) is 0 Å². The van der Waals surface area contributed by atoms with E-state index in [0.717, 1.165) is 0 Å². The molecule has 0 aliphatic heterocycles. The Hall–Kier alpha value is -0.480. The molecule has 1 atom stereocenters. The highest BCUT2D eigenvalue weighted by molar-refractivity contribution is 6.24. The van der Waals surface area contributed by atoms with Crippen molar-refractivity contribution in [2.75, 3.05) is 20.3 Å². The largest absolute Gasteiger partial charge is 0.453 e. The molecule has 0 aliphatic carbocycles. The Bertz CT molecular complexity index is 138. The first-order chi connectivity index (χ1) is 5.02. The second kappa shape index (κ2) is 4.41. The molecule has 2 N–H and O–H groups in total. The monoisotopic (exact) mass is 181 g/mol. The van der Waals surface area contributed by atoms with Crippen LogP contribution in [0.5, 0.6) is 0 Å². The first-order valence-corrected chi connectivity index (χ1v) is 3.51. The maximum Gasteiger partial charge on any atom is 0.406 e. The third-order valence-electron chi connectivity index (χ3n) is 1.12. The van der Waals surface area contributed by atoms with Crippen molar-refractivity contribution in [2.45, 2.75) is 11.8 Å². The van der Waals surface area contributed by atoms with E-state index in [1.54, 1.807) is 6.92 Å². The molecule has 0 saturated heterocycles. The number of methoxy groups -OCH3 is 1. The number of amides is 1. The molecule has 1 amide bonds. The van der Waals surface area contributed by atoms with Crippen molar-refractivity contribution in [1.29, 1.82) is 0 Å². The number of nitrogens with one attached hydrogen (secondary N) is 1. The van der Waals surface area contributed by atoms with Crippen LogP contribution in [0.1, 0.15) is 6.92 Å². The van der Waals surface area contributed by atoms with Gasteiger partial charge in [0.05, 0.1) is 18.6 Å². The number of rotatable bonds is 3. The quantitative estimate of drug-likeness (QED) is 0.617. The number of alkyl halides is 1. The molecule has 66 valence electrons. The zero-order chi connectivity index (χ0) is 8.91. The molecule has 0 spiro atoms. The highest BCUT2D eigenvalue weighted by Crippen LogP contribution is 2.10. The number of carbonyl (C=O) groups is 1. The van der Waals surface area contributed by atoms with Crippen LogP contribution in [0.4, 0.5) is 4.79 Å². The summed E-state index contributed by atoms with van der Waals surface area (Å²) in [7, 11) is 1.26. The summed E-state index contributed by atoms with van der Waals surface area (Å²) in [6, 6.07) is 0. The molecular weight excluding hydrogens is 170 g/mol. The van der Waals surface area contributed by atoms with E-state index in [4.69, 9.17) is 16.7 Å². The van der Waals surface area contributed by atoms with Gasteiger partial charge in [0, 0.05) is 6.54 Å². The normalized spacial score (nSPS) is 15.3. The van der Waals surface area contributed by atoms with E-state index < -0.39 is 11.0 Å². The van der Waals surface area contributed by atoms with Crippen LogP contribution in [0.15, 0.2) is 0 Å². The van der Waals surface area contributed by atoms with Gasteiger partial charge >= 0.3 is 6.09 Å². The summed E-state index contributed by atoms with van der Waals surface area (Å²) >= 11 is 5.70. The van der Waals surface area contributed by atoms with Crippen LogP contribution in [0.25, 0.3) is 0 Å². The Morgan fingerprint density at radius 2 is 2.36 bits per heavy atom. The number of halogens is 1. The maximum atomic E-state index is 10.5. The molecule has 0 aliphatic rings. The average molecular weight is 182 g/mol. The van der Waals surface area contributed by atoms with E-state index >= 15 is 0 Å². The predicted molar refractivity (Wildman–Crippen MR) is 41.8 cm³/mol. The zero-order valence-electron chi connectivity index (χ0n) is 6.56. The van der Waals surface area contributed by atoms with E-state index in [1.807, 2.05) is 0 Å². The van der Waals surface area contributed by atoms with Gasteiger partial charge in [-0.2, -0.15) is 0 Å². The first kappa shape index (κ1) is 10.5. The molecule has 0 radical (unpaired) electrons. The van der Waals surface area contributed by atoms with Crippen LogP contribution in [-0.4, -0.2) is 36.3 Å². The fourth-order valence-electron chi connectivity index (χ4n) is 0.385. The van der Waals surface area contributed by atoms with Gasteiger partial charge in [-0.1, -0.05) is 0 Å². The lowest BCUT2D eigenvalue weighted by molar-refractivity contribution is 0.167.